The lowest BCUT2D eigenvalue weighted by molar-refractivity contribution is 0.260. The first-order valence-electron chi connectivity index (χ1n) is 8.81. The minimum absolute atomic E-state index is 0.0136. The molecule has 0 saturated heterocycles. The SMILES string of the molecule is C=C(C)c1cc2c3c(ccc2o1)CC(c1ccc(OC)c(O)c1OC)CO3. The van der Waals surface area contributed by atoms with Crippen LogP contribution >= 0.6 is 0 Å². The second kappa shape index (κ2) is 6.58. The van der Waals surface area contributed by atoms with Crippen LogP contribution in [0.5, 0.6) is 23.0 Å². The van der Waals surface area contributed by atoms with Crippen molar-refractivity contribution in [2.24, 2.45) is 0 Å². The molecule has 1 aliphatic rings. The van der Waals surface area contributed by atoms with Crippen molar-refractivity contribution in [1.29, 1.82) is 0 Å². The second-order valence-electron chi connectivity index (χ2n) is 6.81. The molecule has 0 amide bonds. The second-order valence-corrected chi connectivity index (χ2v) is 6.81. The number of fused-ring (bicyclic) bond motifs is 3. The zero-order valence-corrected chi connectivity index (χ0v) is 15.7. The average Bonchev–Trinajstić information content (AvgIpc) is 3.12. The molecule has 1 atom stereocenters. The van der Waals surface area contributed by atoms with Crippen molar-refractivity contribution in [3.8, 4) is 23.0 Å². The lowest BCUT2D eigenvalue weighted by Gasteiger charge is -2.27. The molecule has 1 N–H and O–H groups in total. The van der Waals surface area contributed by atoms with Crippen molar-refractivity contribution in [2.45, 2.75) is 19.3 Å². The molecule has 0 saturated carbocycles. The number of benzene rings is 2. The van der Waals surface area contributed by atoms with Crippen LogP contribution < -0.4 is 14.2 Å². The van der Waals surface area contributed by atoms with E-state index in [4.69, 9.17) is 18.6 Å². The Kier molecular flexibility index (Phi) is 4.22. The number of rotatable bonds is 4. The monoisotopic (exact) mass is 366 g/mol. The summed E-state index contributed by atoms with van der Waals surface area (Å²) < 4.78 is 22.6. The smallest absolute Gasteiger partial charge is 0.201 e. The molecule has 0 radical (unpaired) electrons. The summed E-state index contributed by atoms with van der Waals surface area (Å²) in [5.74, 6) is 2.52. The molecule has 1 unspecified atom stereocenters. The van der Waals surface area contributed by atoms with Crippen LogP contribution in [0.3, 0.4) is 0 Å². The summed E-state index contributed by atoms with van der Waals surface area (Å²) in [4.78, 5) is 0. The van der Waals surface area contributed by atoms with Crippen LogP contribution in [-0.4, -0.2) is 25.9 Å². The van der Waals surface area contributed by atoms with Gasteiger partial charge < -0.3 is 23.7 Å². The molecule has 1 aliphatic heterocycles. The Bertz CT molecular complexity index is 1030. The van der Waals surface area contributed by atoms with Crippen molar-refractivity contribution >= 4 is 16.5 Å². The van der Waals surface area contributed by atoms with Gasteiger partial charge in [-0.3, -0.25) is 0 Å². The summed E-state index contributed by atoms with van der Waals surface area (Å²) in [6.45, 7) is 6.35. The highest BCUT2D eigenvalue weighted by Gasteiger charge is 2.28. The van der Waals surface area contributed by atoms with Crippen LogP contribution in [0, 0.1) is 0 Å². The van der Waals surface area contributed by atoms with E-state index in [0.717, 1.165) is 45.6 Å². The molecule has 140 valence electrons. The molecule has 0 bridgehead atoms. The van der Waals surface area contributed by atoms with Gasteiger partial charge in [0.1, 0.15) is 17.1 Å². The maximum absolute atomic E-state index is 10.4. The molecule has 4 rings (SSSR count). The Hall–Kier alpha value is -3.08. The van der Waals surface area contributed by atoms with E-state index in [0.29, 0.717) is 18.1 Å². The molecule has 5 heteroatoms. The van der Waals surface area contributed by atoms with Gasteiger partial charge in [0, 0.05) is 11.5 Å². The first-order valence-corrected chi connectivity index (χ1v) is 8.81. The van der Waals surface area contributed by atoms with Gasteiger partial charge in [-0.1, -0.05) is 18.7 Å². The first kappa shape index (κ1) is 17.3. The van der Waals surface area contributed by atoms with Gasteiger partial charge >= 0.3 is 0 Å². The first-order chi connectivity index (χ1) is 13.0. The number of furan rings is 1. The zero-order valence-electron chi connectivity index (χ0n) is 15.7. The molecule has 3 aromatic rings. The van der Waals surface area contributed by atoms with Crippen LogP contribution in [0.15, 0.2) is 41.3 Å². The minimum atomic E-state index is 0.0136. The van der Waals surface area contributed by atoms with Gasteiger partial charge in [0.2, 0.25) is 5.75 Å². The molecule has 5 nitrogen and oxygen atoms in total. The highest BCUT2D eigenvalue weighted by atomic mass is 16.5. The van der Waals surface area contributed by atoms with Gasteiger partial charge in [-0.05, 0) is 42.7 Å². The summed E-state index contributed by atoms with van der Waals surface area (Å²) in [5.41, 5.74) is 3.68. The fourth-order valence-corrected chi connectivity index (χ4v) is 3.65. The van der Waals surface area contributed by atoms with E-state index in [2.05, 4.69) is 6.58 Å². The van der Waals surface area contributed by atoms with Crippen LogP contribution in [0.4, 0.5) is 0 Å². The molecule has 0 aliphatic carbocycles. The van der Waals surface area contributed by atoms with Crippen LogP contribution in [-0.2, 0) is 6.42 Å². The number of aromatic hydroxyl groups is 1. The summed E-state index contributed by atoms with van der Waals surface area (Å²) in [5, 5.41) is 11.3. The summed E-state index contributed by atoms with van der Waals surface area (Å²) in [6.07, 6.45) is 0.779. The lowest BCUT2D eigenvalue weighted by atomic mass is 9.89. The largest absolute Gasteiger partial charge is 0.502 e. The molecule has 1 aromatic heterocycles. The van der Waals surface area contributed by atoms with E-state index in [1.807, 2.05) is 31.2 Å². The standard InChI is InChI=1S/C22H22O5/c1-12(2)19-10-16-17(27-19)7-5-13-9-14(11-26-21(13)16)15-6-8-18(24-3)20(23)22(15)25-4/h5-8,10,14,23H,1,9,11H2,2-4H3. The Morgan fingerprint density at radius 2 is 2.00 bits per heavy atom. The molecule has 27 heavy (non-hydrogen) atoms. The van der Waals surface area contributed by atoms with Crippen molar-refractivity contribution in [2.75, 3.05) is 20.8 Å². The predicted octanol–water partition coefficient (Wildman–Crippen LogP) is 4.91. The number of methoxy groups -OCH3 is 2. The van der Waals surface area contributed by atoms with Gasteiger partial charge in [-0.15, -0.1) is 0 Å². The third-order valence-electron chi connectivity index (χ3n) is 5.04. The van der Waals surface area contributed by atoms with E-state index >= 15 is 0 Å². The molecule has 0 fully saturated rings. The van der Waals surface area contributed by atoms with Crippen molar-refractivity contribution in [3.05, 3.63) is 53.8 Å². The number of phenols is 1. The maximum atomic E-state index is 10.4. The molecule has 2 aromatic carbocycles. The predicted molar refractivity (Wildman–Crippen MR) is 104 cm³/mol. The summed E-state index contributed by atoms with van der Waals surface area (Å²) in [6, 6.07) is 9.66. The normalized spacial score (nSPS) is 15.9. The van der Waals surface area contributed by atoms with Crippen molar-refractivity contribution in [1.82, 2.24) is 0 Å². The van der Waals surface area contributed by atoms with Crippen molar-refractivity contribution in [3.63, 3.8) is 0 Å². The number of ether oxygens (including phenoxy) is 3. The van der Waals surface area contributed by atoms with E-state index in [9.17, 15) is 5.11 Å². The Morgan fingerprint density at radius 3 is 2.70 bits per heavy atom. The van der Waals surface area contributed by atoms with E-state index in [1.165, 1.54) is 7.11 Å². The molecular weight excluding hydrogens is 344 g/mol. The molecular formula is C22H22O5. The fourth-order valence-electron chi connectivity index (χ4n) is 3.65. The Morgan fingerprint density at radius 1 is 1.19 bits per heavy atom. The number of allylic oxidation sites excluding steroid dienone is 1. The van der Waals surface area contributed by atoms with Crippen LogP contribution in [0.1, 0.15) is 29.7 Å². The van der Waals surface area contributed by atoms with Crippen LogP contribution in [0.25, 0.3) is 16.5 Å². The number of hydrogen-bond donors (Lipinski definition) is 1. The summed E-state index contributed by atoms with van der Waals surface area (Å²) >= 11 is 0. The third kappa shape index (κ3) is 2.79. The lowest BCUT2D eigenvalue weighted by Crippen LogP contribution is -2.20. The molecule has 0 spiro atoms. The maximum Gasteiger partial charge on any atom is 0.201 e. The third-order valence-corrected chi connectivity index (χ3v) is 5.04. The Labute approximate surface area is 157 Å². The van der Waals surface area contributed by atoms with Gasteiger partial charge in [-0.2, -0.15) is 0 Å². The van der Waals surface area contributed by atoms with Gasteiger partial charge in [0.15, 0.2) is 11.5 Å². The quantitative estimate of drug-likeness (QED) is 0.711. The van der Waals surface area contributed by atoms with Crippen molar-refractivity contribution < 1.29 is 23.7 Å². The summed E-state index contributed by atoms with van der Waals surface area (Å²) in [7, 11) is 3.06. The van der Waals surface area contributed by atoms with E-state index in [-0.39, 0.29) is 11.7 Å². The van der Waals surface area contributed by atoms with E-state index in [1.54, 1.807) is 13.2 Å². The van der Waals surface area contributed by atoms with Crippen LogP contribution in [0.2, 0.25) is 0 Å². The number of phenolic OH excluding ortho intramolecular Hbond substituents is 1. The highest BCUT2D eigenvalue weighted by Crippen LogP contribution is 2.45. The fraction of sp³-hybridized carbons (Fsp3) is 0.273. The Balaban J connectivity index is 1.73. The highest BCUT2D eigenvalue weighted by molar-refractivity contribution is 5.88. The van der Waals surface area contributed by atoms with Gasteiger partial charge in [0.05, 0.1) is 26.2 Å². The topological polar surface area (TPSA) is 61.1 Å². The average molecular weight is 366 g/mol. The zero-order chi connectivity index (χ0) is 19.1. The van der Waals surface area contributed by atoms with Gasteiger partial charge in [0.25, 0.3) is 0 Å². The van der Waals surface area contributed by atoms with Gasteiger partial charge in [-0.25, -0.2) is 0 Å². The molecule has 2 heterocycles. The van der Waals surface area contributed by atoms with E-state index < -0.39 is 0 Å². The minimum Gasteiger partial charge on any atom is -0.502 e. The number of hydrogen-bond acceptors (Lipinski definition) is 5.